The fraction of sp³-hybridized carbons (Fsp3) is 0.125. The van der Waals surface area contributed by atoms with Gasteiger partial charge in [-0.15, -0.1) is 0 Å². The average molecular weight is 267 g/mol. The first kappa shape index (κ1) is 12.5. The van der Waals surface area contributed by atoms with E-state index in [9.17, 15) is 4.39 Å². The molecule has 0 unspecified atom stereocenters. The lowest BCUT2D eigenvalue weighted by atomic mass is 10.1. The lowest BCUT2D eigenvalue weighted by molar-refractivity contribution is 0.600. The van der Waals surface area contributed by atoms with E-state index < -0.39 is 0 Å². The highest BCUT2D eigenvalue weighted by atomic mass is 19.1. The van der Waals surface area contributed by atoms with Gasteiger partial charge in [0.15, 0.2) is 0 Å². The first-order valence-electron chi connectivity index (χ1n) is 6.46. The normalized spacial score (nSPS) is 12.3. The van der Waals surface area contributed by atoms with Crippen LogP contribution in [0.15, 0.2) is 54.9 Å². The lowest BCUT2D eigenvalue weighted by Gasteiger charge is -2.16. The van der Waals surface area contributed by atoms with Crippen molar-refractivity contribution in [3.8, 4) is 0 Å². The molecule has 0 fully saturated rings. The fourth-order valence-corrected chi connectivity index (χ4v) is 2.23. The predicted molar refractivity (Wildman–Crippen MR) is 78.0 cm³/mol. The SMILES string of the molecule is C[C@@H](Nc1ncnc2ccccc12)c1ccccc1F. The Morgan fingerprint density at radius 3 is 2.60 bits per heavy atom. The van der Waals surface area contributed by atoms with E-state index in [1.165, 1.54) is 12.4 Å². The van der Waals surface area contributed by atoms with Crippen LogP contribution in [-0.2, 0) is 0 Å². The molecule has 0 radical (unpaired) electrons. The summed E-state index contributed by atoms with van der Waals surface area (Å²) in [7, 11) is 0. The lowest BCUT2D eigenvalue weighted by Crippen LogP contribution is -2.10. The summed E-state index contributed by atoms with van der Waals surface area (Å²) < 4.78 is 13.8. The number of nitrogens with one attached hydrogen (secondary N) is 1. The van der Waals surface area contributed by atoms with Crippen molar-refractivity contribution in [3.63, 3.8) is 0 Å². The van der Waals surface area contributed by atoms with Gasteiger partial charge in [-0.2, -0.15) is 0 Å². The van der Waals surface area contributed by atoms with Crippen molar-refractivity contribution in [3.05, 3.63) is 66.2 Å². The number of hydrogen-bond acceptors (Lipinski definition) is 3. The Bertz CT molecular complexity index is 737. The van der Waals surface area contributed by atoms with E-state index in [2.05, 4.69) is 15.3 Å². The van der Waals surface area contributed by atoms with Gasteiger partial charge in [-0.1, -0.05) is 30.3 Å². The van der Waals surface area contributed by atoms with Crippen molar-refractivity contribution in [2.24, 2.45) is 0 Å². The van der Waals surface area contributed by atoms with Gasteiger partial charge in [-0.25, -0.2) is 14.4 Å². The topological polar surface area (TPSA) is 37.8 Å². The number of halogens is 1. The molecule has 0 aliphatic carbocycles. The summed E-state index contributed by atoms with van der Waals surface area (Å²) in [5, 5.41) is 4.18. The number of benzene rings is 2. The second kappa shape index (κ2) is 5.25. The Balaban J connectivity index is 1.96. The highest BCUT2D eigenvalue weighted by molar-refractivity contribution is 5.88. The van der Waals surface area contributed by atoms with Crippen LogP contribution in [0, 0.1) is 5.82 Å². The highest BCUT2D eigenvalue weighted by Gasteiger charge is 2.12. The molecule has 1 N–H and O–H groups in total. The molecule has 0 spiro atoms. The van der Waals surface area contributed by atoms with E-state index in [1.54, 1.807) is 12.1 Å². The standard InChI is InChI=1S/C16H14FN3/c1-11(12-6-2-4-8-14(12)17)20-16-13-7-3-5-9-15(13)18-10-19-16/h2-11H,1H3,(H,18,19,20)/t11-/m1/s1. The molecule has 3 rings (SSSR count). The van der Waals surface area contributed by atoms with Crippen molar-refractivity contribution in [1.29, 1.82) is 0 Å². The van der Waals surface area contributed by atoms with Gasteiger partial charge in [0.2, 0.25) is 0 Å². The summed E-state index contributed by atoms with van der Waals surface area (Å²) in [4.78, 5) is 8.47. The van der Waals surface area contributed by atoms with Crippen molar-refractivity contribution in [2.75, 3.05) is 5.32 Å². The molecule has 4 heteroatoms. The molecule has 0 amide bonds. The molecule has 0 bridgehead atoms. The van der Waals surface area contributed by atoms with Crippen LogP contribution in [0.3, 0.4) is 0 Å². The largest absolute Gasteiger partial charge is 0.363 e. The third-order valence-electron chi connectivity index (χ3n) is 3.27. The molecule has 2 aromatic carbocycles. The number of fused-ring (bicyclic) bond motifs is 1. The first-order chi connectivity index (χ1) is 9.75. The summed E-state index contributed by atoms with van der Waals surface area (Å²) in [5.74, 6) is 0.497. The first-order valence-corrected chi connectivity index (χ1v) is 6.46. The van der Waals surface area contributed by atoms with Crippen LogP contribution in [0.4, 0.5) is 10.2 Å². The molecule has 3 nitrogen and oxygen atoms in total. The van der Waals surface area contributed by atoms with Gasteiger partial charge in [0, 0.05) is 10.9 Å². The van der Waals surface area contributed by atoms with Crippen LogP contribution in [0.25, 0.3) is 10.9 Å². The molecule has 0 aliphatic rings. The van der Waals surface area contributed by atoms with E-state index in [1.807, 2.05) is 37.3 Å². The zero-order valence-corrected chi connectivity index (χ0v) is 11.0. The molecular formula is C16H14FN3. The number of para-hydroxylation sites is 1. The highest BCUT2D eigenvalue weighted by Crippen LogP contribution is 2.24. The molecule has 3 aromatic rings. The van der Waals surface area contributed by atoms with Gasteiger partial charge in [0.25, 0.3) is 0 Å². The Labute approximate surface area is 116 Å². The Hall–Kier alpha value is -2.49. The molecule has 100 valence electrons. The van der Waals surface area contributed by atoms with E-state index in [0.717, 1.165) is 10.9 Å². The quantitative estimate of drug-likeness (QED) is 0.781. The van der Waals surface area contributed by atoms with Crippen molar-refractivity contribution in [1.82, 2.24) is 9.97 Å². The molecule has 0 saturated carbocycles. The average Bonchev–Trinajstić information content (AvgIpc) is 2.48. The number of aromatic nitrogens is 2. The summed E-state index contributed by atoms with van der Waals surface area (Å²) in [6.07, 6.45) is 1.51. The summed E-state index contributed by atoms with van der Waals surface area (Å²) >= 11 is 0. The predicted octanol–water partition coefficient (Wildman–Crippen LogP) is 3.94. The Kier molecular flexibility index (Phi) is 3.29. The summed E-state index contributed by atoms with van der Waals surface area (Å²) in [6.45, 7) is 1.91. The molecule has 0 aliphatic heterocycles. The van der Waals surface area contributed by atoms with Gasteiger partial charge in [0.1, 0.15) is 18.0 Å². The molecule has 1 aromatic heterocycles. The van der Waals surface area contributed by atoms with Crippen LogP contribution in [0.2, 0.25) is 0 Å². The number of rotatable bonds is 3. The van der Waals surface area contributed by atoms with Gasteiger partial charge < -0.3 is 5.32 Å². The summed E-state index contributed by atoms with van der Waals surface area (Å²) in [5.41, 5.74) is 1.49. The second-order valence-corrected chi connectivity index (χ2v) is 4.63. The number of nitrogens with zero attached hydrogens (tertiary/aromatic N) is 2. The number of hydrogen-bond donors (Lipinski definition) is 1. The number of anilines is 1. The van der Waals surface area contributed by atoms with Gasteiger partial charge in [-0.05, 0) is 25.1 Å². The maximum absolute atomic E-state index is 13.8. The van der Waals surface area contributed by atoms with Crippen LogP contribution in [-0.4, -0.2) is 9.97 Å². The van der Waals surface area contributed by atoms with E-state index in [0.29, 0.717) is 11.4 Å². The smallest absolute Gasteiger partial charge is 0.137 e. The minimum absolute atomic E-state index is 0.172. The molecule has 20 heavy (non-hydrogen) atoms. The van der Waals surface area contributed by atoms with Crippen molar-refractivity contribution in [2.45, 2.75) is 13.0 Å². The zero-order valence-electron chi connectivity index (χ0n) is 11.0. The Morgan fingerprint density at radius 2 is 1.75 bits per heavy atom. The van der Waals surface area contributed by atoms with Gasteiger partial charge >= 0.3 is 0 Å². The van der Waals surface area contributed by atoms with Gasteiger partial charge in [0.05, 0.1) is 11.6 Å². The van der Waals surface area contributed by atoms with Crippen molar-refractivity contribution < 1.29 is 4.39 Å². The second-order valence-electron chi connectivity index (χ2n) is 4.63. The summed E-state index contributed by atoms with van der Waals surface area (Å²) in [6, 6.07) is 14.3. The third-order valence-corrected chi connectivity index (χ3v) is 3.27. The zero-order chi connectivity index (χ0) is 13.9. The van der Waals surface area contributed by atoms with Crippen LogP contribution >= 0.6 is 0 Å². The fourth-order valence-electron chi connectivity index (χ4n) is 2.23. The van der Waals surface area contributed by atoms with E-state index in [-0.39, 0.29) is 11.9 Å². The molecular weight excluding hydrogens is 253 g/mol. The maximum Gasteiger partial charge on any atom is 0.137 e. The molecule has 1 atom stereocenters. The van der Waals surface area contributed by atoms with Crippen LogP contribution < -0.4 is 5.32 Å². The monoisotopic (exact) mass is 267 g/mol. The van der Waals surface area contributed by atoms with E-state index >= 15 is 0 Å². The van der Waals surface area contributed by atoms with Crippen molar-refractivity contribution >= 4 is 16.7 Å². The molecule has 1 heterocycles. The van der Waals surface area contributed by atoms with Crippen LogP contribution in [0.1, 0.15) is 18.5 Å². The van der Waals surface area contributed by atoms with Gasteiger partial charge in [-0.3, -0.25) is 0 Å². The minimum atomic E-state index is -0.217. The maximum atomic E-state index is 13.8. The van der Waals surface area contributed by atoms with E-state index in [4.69, 9.17) is 0 Å². The Morgan fingerprint density at radius 1 is 1.00 bits per heavy atom. The minimum Gasteiger partial charge on any atom is -0.363 e. The van der Waals surface area contributed by atoms with Crippen LogP contribution in [0.5, 0.6) is 0 Å². The molecule has 0 saturated heterocycles. The third kappa shape index (κ3) is 2.32.